The molecule has 30 heavy (non-hydrogen) atoms. The summed E-state index contributed by atoms with van der Waals surface area (Å²) in [5.74, 6) is 0.430. The molecule has 1 aromatic carbocycles. The van der Waals surface area contributed by atoms with Gasteiger partial charge < -0.3 is 14.5 Å². The van der Waals surface area contributed by atoms with Crippen LogP contribution in [0.5, 0.6) is 5.88 Å². The molecule has 2 saturated heterocycles. The number of halogens is 2. The standard InChI is InChI=1S/C21H27F2N5O2/c1-26-16(3-2-4-20(26)29)12-27-7-9-28(10-8-27)15-5-6-18-17(11-15)21(25-14-24-18)30-13-19(22)23/h5-6,11,14,16,19H,2-4,7-10,12-13H2,1H3. The normalized spacial score (nSPS) is 20.9. The average molecular weight is 419 g/mol. The molecule has 2 aliphatic rings. The number of likely N-dealkylation sites (tertiary alicyclic amines) is 1. The van der Waals surface area contributed by atoms with E-state index in [4.69, 9.17) is 4.74 Å². The van der Waals surface area contributed by atoms with E-state index in [1.807, 2.05) is 30.1 Å². The third kappa shape index (κ3) is 4.61. The van der Waals surface area contributed by atoms with Crippen molar-refractivity contribution in [1.82, 2.24) is 19.8 Å². The molecule has 1 aromatic heterocycles. The Balaban J connectivity index is 1.40. The van der Waals surface area contributed by atoms with Gasteiger partial charge in [0.15, 0.2) is 6.61 Å². The van der Waals surface area contributed by atoms with E-state index in [0.717, 1.165) is 51.3 Å². The van der Waals surface area contributed by atoms with Gasteiger partial charge in [0.25, 0.3) is 6.43 Å². The largest absolute Gasteiger partial charge is 0.471 e. The van der Waals surface area contributed by atoms with Gasteiger partial charge >= 0.3 is 0 Å². The summed E-state index contributed by atoms with van der Waals surface area (Å²) in [6.07, 6.45) is 1.48. The maximum atomic E-state index is 12.5. The highest BCUT2D eigenvalue weighted by Gasteiger charge is 2.28. The minimum Gasteiger partial charge on any atom is -0.471 e. The summed E-state index contributed by atoms with van der Waals surface area (Å²) in [5.41, 5.74) is 1.67. The van der Waals surface area contributed by atoms with Gasteiger partial charge in [-0.3, -0.25) is 9.69 Å². The fourth-order valence-electron chi connectivity index (χ4n) is 4.24. The molecule has 0 bridgehead atoms. The Morgan fingerprint density at radius 1 is 1.20 bits per heavy atom. The number of rotatable bonds is 6. The second-order valence-corrected chi connectivity index (χ2v) is 7.92. The molecule has 162 valence electrons. The molecule has 2 aromatic rings. The Kier molecular flexibility index (Phi) is 6.26. The van der Waals surface area contributed by atoms with E-state index in [0.29, 0.717) is 23.4 Å². The summed E-state index contributed by atoms with van der Waals surface area (Å²) in [7, 11) is 1.91. The highest BCUT2D eigenvalue weighted by molar-refractivity contribution is 5.86. The Morgan fingerprint density at radius 3 is 2.77 bits per heavy atom. The molecule has 0 spiro atoms. The number of benzene rings is 1. The molecule has 3 heterocycles. The van der Waals surface area contributed by atoms with Gasteiger partial charge in [0.2, 0.25) is 11.8 Å². The Bertz CT molecular complexity index is 889. The van der Waals surface area contributed by atoms with Crippen molar-refractivity contribution < 1.29 is 18.3 Å². The number of hydrogen-bond donors (Lipinski definition) is 0. The Morgan fingerprint density at radius 2 is 2.00 bits per heavy atom. The lowest BCUT2D eigenvalue weighted by Crippen LogP contribution is -2.52. The van der Waals surface area contributed by atoms with Gasteiger partial charge in [-0.1, -0.05) is 0 Å². The van der Waals surface area contributed by atoms with Gasteiger partial charge in [0.1, 0.15) is 6.33 Å². The second-order valence-electron chi connectivity index (χ2n) is 7.92. The van der Waals surface area contributed by atoms with Crippen molar-refractivity contribution in [3.63, 3.8) is 0 Å². The fraction of sp³-hybridized carbons (Fsp3) is 0.571. The van der Waals surface area contributed by atoms with E-state index < -0.39 is 13.0 Å². The number of alkyl halides is 2. The SMILES string of the molecule is CN1C(=O)CCCC1CN1CCN(c2ccc3ncnc(OCC(F)F)c3c2)CC1. The number of ether oxygens (including phenoxy) is 1. The molecular weight excluding hydrogens is 392 g/mol. The molecule has 0 aliphatic carbocycles. The van der Waals surface area contributed by atoms with Crippen LogP contribution in [0, 0.1) is 0 Å². The summed E-state index contributed by atoms with van der Waals surface area (Å²) < 4.78 is 30.3. The summed E-state index contributed by atoms with van der Waals surface area (Å²) >= 11 is 0. The van der Waals surface area contributed by atoms with Crippen molar-refractivity contribution in [2.75, 3.05) is 51.3 Å². The molecule has 0 saturated carbocycles. The summed E-state index contributed by atoms with van der Waals surface area (Å²) in [4.78, 5) is 26.8. The van der Waals surface area contributed by atoms with Crippen LogP contribution in [0.4, 0.5) is 14.5 Å². The number of carbonyl (C=O) groups excluding carboxylic acids is 1. The predicted molar refractivity (Wildman–Crippen MR) is 110 cm³/mol. The first-order valence-corrected chi connectivity index (χ1v) is 10.4. The van der Waals surface area contributed by atoms with Crippen LogP contribution in [0.15, 0.2) is 24.5 Å². The van der Waals surface area contributed by atoms with Gasteiger partial charge in [0, 0.05) is 57.9 Å². The highest BCUT2D eigenvalue weighted by atomic mass is 19.3. The number of likely N-dealkylation sites (N-methyl/N-ethyl adjacent to an activating group) is 1. The molecule has 9 heteroatoms. The van der Waals surface area contributed by atoms with Crippen LogP contribution < -0.4 is 9.64 Å². The lowest BCUT2D eigenvalue weighted by atomic mass is 10.0. The Hall–Kier alpha value is -2.55. The Labute approximate surface area is 174 Å². The first kappa shape index (κ1) is 20.7. The van der Waals surface area contributed by atoms with Crippen molar-refractivity contribution >= 4 is 22.5 Å². The zero-order valence-electron chi connectivity index (χ0n) is 17.1. The van der Waals surface area contributed by atoms with Crippen LogP contribution in [-0.4, -0.2) is 84.5 Å². The molecule has 0 N–H and O–H groups in total. The minimum atomic E-state index is -2.55. The number of anilines is 1. The number of piperazine rings is 1. The highest BCUT2D eigenvalue weighted by Crippen LogP contribution is 2.28. The summed E-state index contributed by atoms with van der Waals surface area (Å²) in [5, 5.41) is 0.639. The summed E-state index contributed by atoms with van der Waals surface area (Å²) in [6, 6.07) is 6.08. The van der Waals surface area contributed by atoms with Crippen LogP contribution in [-0.2, 0) is 4.79 Å². The van der Waals surface area contributed by atoms with Crippen LogP contribution in [0.3, 0.4) is 0 Å². The van der Waals surface area contributed by atoms with E-state index in [1.54, 1.807) is 0 Å². The minimum absolute atomic E-state index is 0.186. The van der Waals surface area contributed by atoms with E-state index in [1.165, 1.54) is 6.33 Å². The third-order valence-electron chi connectivity index (χ3n) is 6.00. The number of nitrogens with zero attached hydrogens (tertiary/aromatic N) is 5. The predicted octanol–water partition coefficient (Wildman–Crippen LogP) is 2.41. The zero-order valence-corrected chi connectivity index (χ0v) is 17.1. The van der Waals surface area contributed by atoms with Crippen molar-refractivity contribution in [3.05, 3.63) is 24.5 Å². The quantitative estimate of drug-likeness (QED) is 0.717. The lowest BCUT2D eigenvalue weighted by Gasteiger charge is -2.40. The van der Waals surface area contributed by atoms with Crippen molar-refractivity contribution in [1.29, 1.82) is 0 Å². The number of piperidine rings is 1. The molecular formula is C21H27F2N5O2. The molecule has 1 unspecified atom stereocenters. The van der Waals surface area contributed by atoms with Crippen LogP contribution in [0.2, 0.25) is 0 Å². The number of carbonyl (C=O) groups is 1. The topological polar surface area (TPSA) is 61.8 Å². The number of amides is 1. The van der Waals surface area contributed by atoms with Gasteiger partial charge in [-0.25, -0.2) is 18.7 Å². The first-order valence-electron chi connectivity index (χ1n) is 10.4. The van der Waals surface area contributed by atoms with Crippen LogP contribution >= 0.6 is 0 Å². The van der Waals surface area contributed by atoms with E-state index in [2.05, 4.69) is 19.8 Å². The zero-order chi connectivity index (χ0) is 21.1. The second kappa shape index (κ2) is 9.07. The van der Waals surface area contributed by atoms with Gasteiger partial charge in [-0.05, 0) is 31.0 Å². The molecule has 1 amide bonds. The number of hydrogen-bond acceptors (Lipinski definition) is 6. The van der Waals surface area contributed by atoms with Gasteiger partial charge in [-0.15, -0.1) is 0 Å². The molecule has 7 nitrogen and oxygen atoms in total. The van der Waals surface area contributed by atoms with E-state index in [-0.39, 0.29) is 11.8 Å². The van der Waals surface area contributed by atoms with E-state index >= 15 is 0 Å². The monoisotopic (exact) mass is 419 g/mol. The van der Waals surface area contributed by atoms with Crippen molar-refractivity contribution in [2.24, 2.45) is 0 Å². The number of aromatic nitrogens is 2. The smallest absolute Gasteiger partial charge is 0.272 e. The average Bonchev–Trinajstić information content (AvgIpc) is 2.75. The third-order valence-corrected chi connectivity index (χ3v) is 6.00. The van der Waals surface area contributed by atoms with Gasteiger partial charge in [0.05, 0.1) is 10.9 Å². The maximum absolute atomic E-state index is 12.5. The molecule has 4 rings (SSSR count). The molecule has 0 radical (unpaired) electrons. The van der Waals surface area contributed by atoms with Gasteiger partial charge in [-0.2, -0.15) is 0 Å². The molecule has 2 aliphatic heterocycles. The summed E-state index contributed by atoms with van der Waals surface area (Å²) in [6.45, 7) is 3.77. The first-order chi connectivity index (χ1) is 14.5. The van der Waals surface area contributed by atoms with Crippen molar-refractivity contribution in [2.45, 2.75) is 31.7 Å². The van der Waals surface area contributed by atoms with Crippen molar-refractivity contribution in [3.8, 4) is 5.88 Å². The maximum Gasteiger partial charge on any atom is 0.272 e. The number of fused-ring (bicyclic) bond motifs is 1. The lowest BCUT2D eigenvalue weighted by molar-refractivity contribution is -0.135. The van der Waals surface area contributed by atoms with E-state index in [9.17, 15) is 13.6 Å². The molecule has 2 fully saturated rings. The van der Waals surface area contributed by atoms with Crippen LogP contribution in [0.1, 0.15) is 19.3 Å². The molecule has 1 atom stereocenters. The van der Waals surface area contributed by atoms with Crippen LogP contribution in [0.25, 0.3) is 10.9 Å². The fourth-order valence-corrected chi connectivity index (χ4v) is 4.24.